The Morgan fingerprint density at radius 1 is 1.29 bits per heavy atom. The fourth-order valence-corrected chi connectivity index (χ4v) is 3.24. The summed E-state index contributed by atoms with van der Waals surface area (Å²) in [6.45, 7) is 1.68. The molecule has 0 radical (unpaired) electrons. The van der Waals surface area contributed by atoms with E-state index in [4.69, 9.17) is 0 Å². The lowest BCUT2D eigenvalue weighted by Crippen LogP contribution is -2.27. The van der Waals surface area contributed by atoms with Crippen LogP contribution in [0.4, 0.5) is 14.5 Å². The number of benzene rings is 1. The van der Waals surface area contributed by atoms with Crippen LogP contribution in [0, 0.1) is 11.6 Å². The van der Waals surface area contributed by atoms with Crippen LogP contribution in [-0.4, -0.2) is 30.4 Å². The number of hydrogen-bond acceptors (Lipinski definition) is 4. The molecule has 0 unspecified atom stereocenters. The van der Waals surface area contributed by atoms with Crippen LogP contribution in [0.15, 0.2) is 35.7 Å². The largest absolute Gasteiger partial charge is 0.337 e. The number of rotatable bonds is 7. The van der Waals surface area contributed by atoms with Crippen molar-refractivity contribution in [3.8, 4) is 0 Å². The topological polar surface area (TPSA) is 93.1 Å². The Bertz CT molecular complexity index is 800. The first-order valence-electron chi connectivity index (χ1n) is 7.01. The summed E-state index contributed by atoms with van der Waals surface area (Å²) in [4.78, 5) is 13.7. The highest BCUT2D eigenvalue weighted by molar-refractivity contribution is 7.89. The van der Waals surface area contributed by atoms with E-state index < -0.39 is 32.5 Å². The summed E-state index contributed by atoms with van der Waals surface area (Å²) >= 11 is 0. The third kappa shape index (κ3) is 4.59. The van der Waals surface area contributed by atoms with Crippen LogP contribution in [0.5, 0.6) is 0 Å². The van der Waals surface area contributed by atoms with Gasteiger partial charge in [0, 0.05) is 38.1 Å². The number of nitrogens with zero attached hydrogens (tertiary/aromatic N) is 2. The number of amides is 1. The van der Waals surface area contributed by atoms with Crippen molar-refractivity contribution in [2.45, 2.75) is 24.8 Å². The fourth-order valence-electron chi connectivity index (χ4n) is 2.05. The van der Waals surface area contributed by atoms with E-state index in [0.29, 0.717) is 13.0 Å². The minimum absolute atomic E-state index is 0.00679. The second-order valence-electron chi connectivity index (χ2n) is 5.00. The normalized spacial score (nSPS) is 11.5. The van der Waals surface area contributed by atoms with Gasteiger partial charge in [0.25, 0.3) is 0 Å². The maximum absolute atomic E-state index is 14.0. The Hall–Kier alpha value is -2.33. The van der Waals surface area contributed by atoms with Crippen molar-refractivity contribution < 1.29 is 22.0 Å². The Labute approximate surface area is 137 Å². The van der Waals surface area contributed by atoms with E-state index in [1.165, 1.54) is 6.92 Å². The maximum atomic E-state index is 14.0. The quantitative estimate of drug-likeness (QED) is 0.734. The molecule has 0 spiro atoms. The van der Waals surface area contributed by atoms with Crippen LogP contribution in [0.25, 0.3) is 0 Å². The van der Waals surface area contributed by atoms with E-state index in [2.05, 4.69) is 15.0 Å². The Balaban J connectivity index is 2.06. The summed E-state index contributed by atoms with van der Waals surface area (Å²) in [6.07, 6.45) is 5.30. The van der Waals surface area contributed by atoms with Gasteiger partial charge in [0.1, 0.15) is 11.6 Å². The minimum Gasteiger partial charge on any atom is -0.337 e. The lowest BCUT2D eigenvalue weighted by atomic mass is 10.3. The van der Waals surface area contributed by atoms with Crippen molar-refractivity contribution in [2.24, 2.45) is 0 Å². The molecule has 24 heavy (non-hydrogen) atoms. The molecule has 2 aromatic rings. The van der Waals surface area contributed by atoms with Gasteiger partial charge in [-0.25, -0.2) is 26.9 Å². The van der Waals surface area contributed by atoms with Crippen molar-refractivity contribution in [1.82, 2.24) is 14.3 Å². The van der Waals surface area contributed by atoms with Crippen LogP contribution in [0.3, 0.4) is 0 Å². The van der Waals surface area contributed by atoms with Crippen LogP contribution in [0.1, 0.15) is 13.3 Å². The first-order chi connectivity index (χ1) is 11.3. The first-order valence-corrected chi connectivity index (χ1v) is 8.50. The predicted molar refractivity (Wildman–Crippen MR) is 82.7 cm³/mol. The van der Waals surface area contributed by atoms with Gasteiger partial charge in [-0.3, -0.25) is 4.79 Å². The average Bonchev–Trinajstić information content (AvgIpc) is 2.95. The number of carbonyl (C=O) groups is 1. The fraction of sp³-hybridized carbons (Fsp3) is 0.286. The van der Waals surface area contributed by atoms with Crippen LogP contribution in [-0.2, 0) is 21.4 Å². The van der Waals surface area contributed by atoms with Gasteiger partial charge in [-0.2, -0.15) is 0 Å². The second kappa shape index (κ2) is 7.49. The molecule has 1 amide bonds. The van der Waals surface area contributed by atoms with E-state index >= 15 is 0 Å². The van der Waals surface area contributed by atoms with E-state index in [1.807, 2.05) is 0 Å². The maximum Gasteiger partial charge on any atom is 0.246 e. The predicted octanol–water partition coefficient (Wildman–Crippen LogP) is 1.49. The molecule has 1 aromatic heterocycles. The summed E-state index contributed by atoms with van der Waals surface area (Å²) in [5.41, 5.74) is -0.156. The number of aromatic nitrogens is 2. The van der Waals surface area contributed by atoms with Gasteiger partial charge in [-0.1, -0.05) is 0 Å². The van der Waals surface area contributed by atoms with Gasteiger partial charge < -0.3 is 9.88 Å². The molecule has 0 fully saturated rings. The van der Waals surface area contributed by atoms with Gasteiger partial charge >= 0.3 is 0 Å². The van der Waals surface area contributed by atoms with E-state index in [-0.39, 0.29) is 12.2 Å². The van der Waals surface area contributed by atoms with Crippen molar-refractivity contribution >= 4 is 21.6 Å². The highest BCUT2D eigenvalue weighted by atomic mass is 32.2. The molecule has 10 heteroatoms. The van der Waals surface area contributed by atoms with Crippen LogP contribution < -0.4 is 10.0 Å². The van der Waals surface area contributed by atoms with Gasteiger partial charge in [-0.15, -0.1) is 0 Å². The molecule has 0 aliphatic rings. The van der Waals surface area contributed by atoms with Gasteiger partial charge in [0.15, 0.2) is 4.90 Å². The Morgan fingerprint density at radius 2 is 1.96 bits per heavy atom. The number of sulfonamides is 1. The standard InChI is InChI=1S/C14H16F2N4O3S/c1-10(21)19-11-7-12(15)14(13(16)8-11)24(22,23)18-3-2-5-20-6-4-17-9-20/h4,6-9,18H,2-3,5H2,1H3,(H,19,21). The van der Waals surface area contributed by atoms with E-state index in [9.17, 15) is 22.0 Å². The molecule has 1 aromatic carbocycles. The van der Waals surface area contributed by atoms with Crippen molar-refractivity contribution in [3.63, 3.8) is 0 Å². The molecule has 0 aliphatic heterocycles. The third-order valence-electron chi connectivity index (χ3n) is 3.03. The zero-order chi connectivity index (χ0) is 17.7. The molecule has 130 valence electrons. The number of halogens is 2. The summed E-state index contributed by atoms with van der Waals surface area (Å²) in [5.74, 6) is -3.08. The molecule has 0 atom stereocenters. The molecule has 0 aliphatic carbocycles. The molecular formula is C14H16F2N4O3S. The molecule has 0 bridgehead atoms. The zero-order valence-corrected chi connectivity index (χ0v) is 13.6. The lowest BCUT2D eigenvalue weighted by molar-refractivity contribution is -0.114. The van der Waals surface area contributed by atoms with Gasteiger partial charge in [0.05, 0.1) is 6.33 Å². The van der Waals surface area contributed by atoms with Crippen LogP contribution >= 0.6 is 0 Å². The number of imidazole rings is 1. The smallest absolute Gasteiger partial charge is 0.246 e. The molecule has 7 nitrogen and oxygen atoms in total. The van der Waals surface area contributed by atoms with Crippen molar-refractivity contribution in [1.29, 1.82) is 0 Å². The Kier molecular flexibility index (Phi) is 5.62. The third-order valence-corrected chi connectivity index (χ3v) is 4.54. The first kappa shape index (κ1) is 18.0. The lowest BCUT2D eigenvalue weighted by Gasteiger charge is -2.11. The van der Waals surface area contributed by atoms with Crippen molar-refractivity contribution in [3.05, 3.63) is 42.5 Å². The van der Waals surface area contributed by atoms with Gasteiger partial charge in [-0.05, 0) is 18.6 Å². The number of nitrogens with one attached hydrogen (secondary N) is 2. The highest BCUT2D eigenvalue weighted by Gasteiger charge is 2.24. The second-order valence-corrected chi connectivity index (χ2v) is 6.71. The molecule has 2 rings (SSSR count). The molecule has 0 saturated carbocycles. The average molecular weight is 358 g/mol. The Morgan fingerprint density at radius 3 is 2.50 bits per heavy atom. The van der Waals surface area contributed by atoms with Crippen LogP contribution in [0.2, 0.25) is 0 Å². The molecular weight excluding hydrogens is 342 g/mol. The summed E-state index contributed by atoms with van der Waals surface area (Å²) < 4.78 is 56.0. The summed E-state index contributed by atoms with van der Waals surface area (Å²) in [6, 6.07) is 1.51. The zero-order valence-electron chi connectivity index (χ0n) is 12.8. The monoisotopic (exact) mass is 358 g/mol. The highest BCUT2D eigenvalue weighted by Crippen LogP contribution is 2.23. The summed E-state index contributed by atoms with van der Waals surface area (Å²) in [5, 5.41) is 2.19. The number of aryl methyl sites for hydroxylation is 1. The minimum atomic E-state index is -4.35. The van der Waals surface area contributed by atoms with Gasteiger partial charge in [0.2, 0.25) is 15.9 Å². The molecule has 1 heterocycles. The number of anilines is 1. The SMILES string of the molecule is CC(=O)Nc1cc(F)c(S(=O)(=O)NCCCn2ccnc2)c(F)c1. The van der Waals surface area contributed by atoms with E-state index in [0.717, 1.165) is 12.1 Å². The van der Waals surface area contributed by atoms with E-state index in [1.54, 1.807) is 23.3 Å². The number of carbonyl (C=O) groups excluding carboxylic acids is 1. The summed E-state index contributed by atoms with van der Waals surface area (Å²) in [7, 11) is -4.35. The van der Waals surface area contributed by atoms with Crippen molar-refractivity contribution in [2.75, 3.05) is 11.9 Å². The molecule has 0 saturated heterocycles. The molecule has 2 N–H and O–H groups in total. The number of hydrogen-bond donors (Lipinski definition) is 2.